The molecule has 2 aromatic rings. The van der Waals surface area contributed by atoms with Crippen molar-refractivity contribution in [1.82, 2.24) is 0 Å². The molecule has 5 nitrogen and oxygen atoms in total. The molecule has 0 heterocycles. The summed E-state index contributed by atoms with van der Waals surface area (Å²) in [7, 11) is 0. The third-order valence-electron chi connectivity index (χ3n) is 3.17. The molecule has 0 amide bonds. The molecule has 0 aromatic heterocycles. The van der Waals surface area contributed by atoms with Crippen molar-refractivity contribution in [3.05, 3.63) is 58.1 Å². The van der Waals surface area contributed by atoms with Crippen LogP contribution in [0.4, 0.5) is 0 Å². The maximum atomic E-state index is 12.5. The Hall–Kier alpha value is -2.34. The molecule has 26 heavy (non-hydrogen) atoms. The van der Waals surface area contributed by atoms with E-state index in [2.05, 4.69) is 15.9 Å². The molecule has 138 valence electrons. The van der Waals surface area contributed by atoms with Crippen molar-refractivity contribution in [2.45, 2.75) is 39.9 Å². The summed E-state index contributed by atoms with van der Waals surface area (Å²) in [4.78, 5) is 24.4. The van der Waals surface area contributed by atoms with E-state index >= 15 is 0 Å². The highest BCUT2D eigenvalue weighted by Gasteiger charge is 2.17. The molecule has 6 heteroatoms. The minimum atomic E-state index is -0.542. The molecule has 0 spiro atoms. The predicted octanol–water partition coefficient (Wildman–Crippen LogP) is 5.02. The average molecular weight is 421 g/mol. The van der Waals surface area contributed by atoms with E-state index in [1.165, 1.54) is 0 Å². The van der Waals surface area contributed by atoms with Gasteiger partial charge in [0, 0.05) is 4.47 Å². The molecule has 0 N–H and O–H groups in total. The number of hydrogen-bond donors (Lipinski definition) is 0. The van der Waals surface area contributed by atoms with Crippen LogP contribution in [0.15, 0.2) is 46.9 Å². The number of benzene rings is 2. The summed E-state index contributed by atoms with van der Waals surface area (Å²) in [6.07, 6.45) is -0.273. The van der Waals surface area contributed by atoms with Crippen LogP contribution in [0.5, 0.6) is 11.5 Å². The van der Waals surface area contributed by atoms with Gasteiger partial charge in [0.2, 0.25) is 0 Å². The van der Waals surface area contributed by atoms with E-state index < -0.39 is 11.9 Å². The molecule has 0 saturated heterocycles. The Morgan fingerprint density at radius 1 is 0.885 bits per heavy atom. The van der Waals surface area contributed by atoms with Crippen molar-refractivity contribution in [2.24, 2.45) is 0 Å². The van der Waals surface area contributed by atoms with Crippen molar-refractivity contribution in [2.75, 3.05) is 0 Å². The van der Waals surface area contributed by atoms with Gasteiger partial charge < -0.3 is 14.2 Å². The molecule has 2 rings (SSSR count). The first-order valence-electron chi connectivity index (χ1n) is 8.25. The molecule has 0 radical (unpaired) electrons. The number of ether oxygens (including phenoxy) is 3. The Morgan fingerprint density at radius 2 is 1.54 bits per heavy atom. The zero-order valence-corrected chi connectivity index (χ0v) is 16.7. The first-order valence-corrected chi connectivity index (χ1v) is 9.05. The zero-order chi connectivity index (χ0) is 19.3. The van der Waals surface area contributed by atoms with Crippen molar-refractivity contribution in [3.8, 4) is 11.5 Å². The fourth-order valence-corrected chi connectivity index (χ4v) is 2.48. The van der Waals surface area contributed by atoms with E-state index in [-0.39, 0.29) is 12.2 Å². The first kappa shape index (κ1) is 20.0. The van der Waals surface area contributed by atoms with Gasteiger partial charge in [-0.05, 0) is 70.2 Å². The Balaban J connectivity index is 2.15. The quantitative estimate of drug-likeness (QED) is 0.484. The van der Waals surface area contributed by atoms with Crippen LogP contribution in [-0.2, 0) is 4.74 Å². The molecule has 0 aliphatic heterocycles. The van der Waals surface area contributed by atoms with Crippen molar-refractivity contribution < 1.29 is 23.8 Å². The largest absolute Gasteiger partial charge is 0.490 e. The van der Waals surface area contributed by atoms with Crippen molar-refractivity contribution >= 4 is 27.9 Å². The number of hydrogen-bond acceptors (Lipinski definition) is 5. The molecule has 2 aromatic carbocycles. The van der Waals surface area contributed by atoms with Gasteiger partial charge in [-0.2, -0.15) is 0 Å². The van der Waals surface area contributed by atoms with Gasteiger partial charge in [0.1, 0.15) is 17.1 Å². The minimum absolute atomic E-state index is 0.0750. The number of rotatable bonds is 6. The summed E-state index contributed by atoms with van der Waals surface area (Å²) in [5.74, 6) is -0.186. The summed E-state index contributed by atoms with van der Waals surface area (Å²) < 4.78 is 16.9. The molecular weight excluding hydrogens is 400 g/mol. The third-order valence-corrected chi connectivity index (χ3v) is 3.66. The smallest absolute Gasteiger partial charge is 0.347 e. The number of carbonyl (C=O) groups is 2. The van der Waals surface area contributed by atoms with Crippen LogP contribution < -0.4 is 9.47 Å². The molecule has 0 saturated carbocycles. The van der Waals surface area contributed by atoms with Crippen molar-refractivity contribution in [1.29, 1.82) is 0 Å². The summed E-state index contributed by atoms with van der Waals surface area (Å²) in [5.41, 5.74) is 0.709. The zero-order valence-electron chi connectivity index (χ0n) is 15.1. The monoisotopic (exact) mass is 420 g/mol. The maximum Gasteiger partial charge on any atom is 0.347 e. The average Bonchev–Trinajstić information content (AvgIpc) is 2.56. The first-order chi connectivity index (χ1) is 12.3. The van der Waals surface area contributed by atoms with E-state index in [4.69, 9.17) is 14.2 Å². The van der Waals surface area contributed by atoms with E-state index in [9.17, 15) is 9.59 Å². The van der Waals surface area contributed by atoms with E-state index in [1.807, 2.05) is 13.8 Å². The van der Waals surface area contributed by atoms with Gasteiger partial charge >= 0.3 is 11.9 Å². The van der Waals surface area contributed by atoms with Crippen LogP contribution in [0.25, 0.3) is 0 Å². The van der Waals surface area contributed by atoms with Gasteiger partial charge in [-0.15, -0.1) is 0 Å². The van der Waals surface area contributed by atoms with Gasteiger partial charge in [-0.3, -0.25) is 0 Å². The molecule has 0 fully saturated rings. The van der Waals surface area contributed by atoms with E-state index in [0.717, 1.165) is 4.47 Å². The maximum absolute atomic E-state index is 12.5. The Kier molecular flexibility index (Phi) is 6.80. The van der Waals surface area contributed by atoms with Crippen molar-refractivity contribution in [3.63, 3.8) is 0 Å². The second-order valence-corrected chi connectivity index (χ2v) is 7.09. The number of carbonyl (C=O) groups excluding carboxylic acids is 2. The lowest BCUT2D eigenvalue weighted by molar-refractivity contribution is 0.0378. The van der Waals surface area contributed by atoms with Gasteiger partial charge in [0.05, 0.1) is 17.8 Å². The van der Waals surface area contributed by atoms with Crippen LogP contribution >= 0.6 is 15.9 Å². The Morgan fingerprint density at radius 3 is 2.12 bits per heavy atom. The molecule has 0 atom stereocenters. The predicted molar refractivity (Wildman–Crippen MR) is 102 cm³/mol. The lowest BCUT2D eigenvalue weighted by Gasteiger charge is -2.14. The summed E-state index contributed by atoms with van der Waals surface area (Å²) >= 11 is 3.35. The second kappa shape index (κ2) is 8.85. The second-order valence-electron chi connectivity index (χ2n) is 6.18. The highest BCUT2D eigenvalue weighted by atomic mass is 79.9. The summed E-state index contributed by atoms with van der Waals surface area (Å²) in [5, 5.41) is 0. The minimum Gasteiger partial charge on any atom is -0.490 e. The van der Waals surface area contributed by atoms with Gasteiger partial charge in [0.25, 0.3) is 0 Å². The molecule has 0 unspecified atom stereocenters. The molecule has 0 aliphatic rings. The Labute approximate surface area is 161 Å². The number of esters is 2. The normalized spacial score (nSPS) is 10.7. The van der Waals surface area contributed by atoms with Crippen LogP contribution in [0.3, 0.4) is 0 Å². The summed E-state index contributed by atoms with van der Waals surface area (Å²) in [6.45, 7) is 7.32. The molecule has 0 bridgehead atoms. The van der Waals surface area contributed by atoms with Gasteiger partial charge in [0.15, 0.2) is 0 Å². The lowest BCUT2D eigenvalue weighted by Crippen LogP contribution is -2.14. The highest BCUT2D eigenvalue weighted by Crippen LogP contribution is 2.26. The van der Waals surface area contributed by atoms with Crippen LogP contribution in [0, 0.1) is 0 Å². The Bertz CT molecular complexity index is 781. The number of halogens is 1. The van der Waals surface area contributed by atoms with Crippen LogP contribution in [0.1, 0.15) is 48.4 Å². The van der Waals surface area contributed by atoms with Crippen LogP contribution in [-0.4, -0.2) is 24.1 Å². The lowest BCUT2D eigenvalue weighted by atomic mass is 10.2. The topological polar surface area (TPSA) is 61.8 Å². The summed E-state index contributed by atoms with van der Waals surface area (Å²) in [6, 6.07) is 11.4. The van der Waals surface area contributed by atoms with E-state index in [0.29, 0.717) is 22.6 Å². The van der Waals surface area contributed by atoms with Gasteiger partial charge in [-0.1, -0.05) is 15.9 Å². The standard InChI is InChI=1S/C20H21BrO5/c1-12(2)24-18-10-7-15(21)11-17(18)20(23)26-16-8-5-14(6-9-16)19(22)25-13(3)4/h5-13H,1-4H3. The fraction of sp³-hybridized carbons (Fsp3) is 0.300. The molecule has 0 aliphatic carbocycles. The molecular formula is C20H21BrO5. The third kappa shape index (κ3) is 5.59. The fourth-order valence-electron chi connectivity index (χ4n) is 2.12. The van der Waals surface area contributed by atoms with Gasteiger partial charge in [-0.25, -0.2) is 9.59 Å². The van der Waals surface area contributed by atoms with E-state index in [1.54, 1.807) is 56.3 Å². The SMILES string of the molecule is CC(C)OC(=O)c1ccc(OC(=O)c2cc(Br)ccc2OC(C)C)cc1. The highest BCUT2D eigenvalue weighted by molar-refractivity contribution is 9.10. The van der Waals surface area contributed by atoms with Crippen LogP contribution in [0.2, 0.25) is 0 Å².